The Hall–Kier alpha value is -7.42. The molecule has 4 heterocycles. The van der Waals surface area contributed by atoms with Crippen LogP contribution in [-0.4, -0.2) is 74.8 Å². The van der Waals surface area contributed by atoms with Crippen molar-refractivity contribution >= 4 is 67.0 Å². The zero-order valence-electron chi connectivity index (χ0n) is 35.0. The molecule has 0 bridgehead atoms. The Morgan fingerprint density at radius 3 is 1.17 bits per heavy atom. The first-order valence-electron chi connectivity index (χ1n) is 20.3. The Balaban J connectivity index is 0.000000162. The summed E-state index contributed by atoms with van der Waals surface area (Å²) in [5.74, 6) is -1.36. The van der Waals surface area contributed by atoms with E-state index < -0.39 is 21.9 Å². The maximum atomic E-state index is 13.1. The van der Waals surface area contributed by atoms with Crippen LogP contribution in [0.3, 0.4) is 0 Å². The third-order valence-corrected chi connectivity index (χ3v) is 13.4. The molecule has 0 fully saturated rings. The molecule has 4 amide bonds. The zero-order chi connectivity index (χ0) is 44.9. The summed E-state index contributed by atoms with van der Waals surface area (Å²) < 4.78 is 23.8. The summed E-state index contributed by atoms with van der Waals surface area (Å²) in [6.45, 7) is 3.58. The van der Waals surface area contributed by atoms with Gasteiger partial charge in [-0.1, -0.05) is 84.9 Å². The Labute approximate surface area is 372 Å². The van der Waals surface area contributed by atoms with Crippen LogP contribution < -0.4 is 0 Å². The van der Waals surface area contributed by atoms with Gasteiger partial charge in [0.25, 0.3) is 23.6 Å². The number of hydrogen-bond donors (Lipinski definition) is 0. The van der Waals surface area contributed by atoms with Gasteiger partial charge < -0.3 is 0 Å². The molecule has 0 spiro atoms. The molecule has 64 heavy (non-hydrogen) atoms. The van der Waals surface area contributed by atoms with Crippen LogP contribution in [0.2, 0.25) is 0 Å². The summed E-state index contributed by atoms with van der Waals surface area (Å²) in [5.41, 5.74) is 7.34. The summed E-state index contributed by atoms with van der Waals surface area (Å²) in [5, 5.41) is 19.4. The zero-order valence-corrected chi connectivity index (χ0v) is 36.6. The van der Waals surface area contributed by atoms with Crippen LogP contribution in [0.4, 0.5) is 0 Å². The molecule has 2 atom stereocenters. The van der Waals surface area contributed by atoms with E-state index in [1.807, 2.05) is 73.8 Å². The first-order valence-corrected chi connectivity index (χ1v) is 23.4. The topological polar surface area (TPSA) is 160 Å². The normalized spacial score (nSPS) is 14.4. The highest BCUT2D eigenvalue weighted by Gasteiger charge is 2.41. The molecule has 316 valence electrons. The monoisotopic (exact) mass is 882 g/mol. The number of rotatable bonds is 8. The smallest absolute Gasteiger partial charge is 0.262 e. The number of hydrogen-bond acceptors (Lipinski definition) is 11. The fourth-order valence-electron chi connectivity index (χ4n) is 8.32. The number of aromatic nitrogens is 4. The van der Waals surface area contributed by atoms with E-state index in [1.54, 1.807) is 79.3 Å². The van der Waals surface area contributed by atoms with E-state index in [2.05, 4.69) is 32.5 Å². The molecule has 6 aromatic carbocycles. The van der Waals surface area contributed by atoms with Gasteiger partial charge in [0.05, 0.1) is 61.7 Å². The number of thioether (sulfide) groups is 1. The van der Waals surface area contributed by atoms with Crippen molar-refractivity contribution in [2.45, 2.75) is 35.7 Å². The van der Waals surface area contributed by atoms with Crippen molar-refractivity contribution in [2.24, 2.45) is 0 Å². The lowest BCUT2D eigenvalue weighted by Gasteiger charge is -2.24. The SMILES string of the molecule is CC(c1nnc2ccccc2c1-c1ccc(S(C)(=O)=O)cc1)N1C(=O)c2ccccc2C1=O.CSc1ccc(-c2c(C(C)N3C(=O)c4ccccc4C3=O)nnc3ccccc23)cc1. The molecule has 2 aromatic heterocycles. The van der Waals surface area contributed by atoms with E-state index >= 15 is 0 Å². The van der Waals surface area contributed by atoms with E-state index in [-0.39, 0.29) is 28.5 Å². The van der Waals surface area contributed by atoms with Crippen molar-refractivity contribution in [1.82, 2.24) is 30.2 Å². The summed E-state index contributed by atoms with van der Waals surface area (Å²) in [4.78, 5) is 56.2. The molecule has 0 aliphatic carbocycles. The third kappa shape index (κ3) is 7.29. The molecular weight excluding hydrogens is 845 g/mol. The fourth-order valence-corrected chi connectivity index (χ4v) is 9.36. The molecule has 2 unspecified atom stereocenters. The highest BCUT2D eigenvalue weighted by atomic mass is 32.2. The van der Waals surface area contributed by atoms with Gasteiger partial charge >= 0.3 is 0 Å². The van der Waals surface area contributed by atoms with Gasteiger partial charge in [0.1, 0.15) is 0 Å². The molecular formula is C50H38N6O6S2. The third-order valence-electron chi connectivity index (χ3n) is 11.6. The molecule has 0 radical (unpaired) electrons. The molecule has 0 saturated carbocycles. The van der Waals surface area contributed by atoms with Crippen LogP contribution in [0.15, 0.2) is 155 Å². The maximum absolute atomic E-state index is 13.1. The predicted molar refractivity (Wildman–Crippen MR) is 246 cm³/mol. The molecule has 2 aliphatic heterocycles. The van der Waals surface area contributed by atoms with E-state index in [0.29, 0.717) is 50.3 Å². The molecule has 10 rings (SSSR count). The van der Waals surface area contributed by atoms with Crippen molar-refractivity contribution in [1.29, 1.82) is 0 Å². The fraction of sp³-hybridized carbons (Fsp3) is 0.120. The van der Waals surface area contributed by atoms with Crippen LogP contribution in [0.5, 0.6) is 0 Å². The van der Waals surface area contributed by atoms with E-state index in [1.165, 1.54) is 21.9 Å². The largest absolute Gasteiger partial charge is 0.269 e. The number of nitrogens with zero attached hydrogens (tertiary/aromatic N) is 6. The molecule has 8 aromatic rings. The average molecular weight is 883 g/mol. The van der Waals surface area contributed by atoms with Crippen LogP contribution in [0.1, 0.15) is 78.8 Å². The Morgan fingerprint density at radius 1 is 0.469 bits per heavy atom. The van der Waals surface area contributed by atoms with Gasteiger partial charge in [-0.05, 0) is 91.9 Å². The summed E-state index contributed by atoms with van der Waals surface area (Å²) >= 11 is 1.68. The standard InChI is InChI=1S/C25H19N3O4S.C25H19N3O2S/c1-15(28-24(29)18-7-3-4-8-19(18)25(28)30)23-22(20-9-5-6-10-21(20)26-27-23)16-11-13-17(14-12-16)33(2,31)32;1-15(28-24(29)18-7-3-4-8-19(18)25(28)30)23-22(16-11-13-17(31-2)14-12-16)20-9-5-6-10-21(20)26-27-23/h3-15H,1-2H3;3-15H,1-2H3. The molecule has 12 nitrogen and oxygen atoms in total. The molecule has 2 aliphatic rings. The maximum Gasteiger partial charge on any atom is 0.262 e. The van der Waals surface area contributed by atoms with Crippen molar-refractivity contribution in [3.05, 3.63) is 179 Å². The second kappa shape index (κ2) is 16.7. The average Bonchev–Trinajstić information content (AvgIpc) is 3.73. The predicted octanol–water partition coefficient (Wildman–Crippen LogP) is 9.43. The Morgan fingerprint density at radius 2 is 0.812 bits per heavy atom. The molecule has 0 saturated heterocycles. The van der Waals surface area contributed by atoms with E-state index in [9.17, 15) is 27.6 Å². The summed E-state index contributed by atoms with van der Waals surface area (Å²) in [6, 6.07) is 42.3. The number of benzene rings is 6. The highest BCUT2D eigenvalue weighted by molar-refractivity contribution is 7.98. The quantitative estimate of drug-likeness (QED) is 0.106. The van der Waals surface area contributed by atoms with Gasteiger partial charge in [0.15, 0.2) is 9.84 Å². The van der Waals surface area contributed by atoms with Gasteiger partial charge in [0, 0.05) is 33.1 Å². The first kappa shape index (κ1) is 41.9. The number of fused-ring (bicyclic) bond motifs is 4. The van der Waals surface area contributed by atoms with E-state index in [0.717, 1.165) is 38.6 Å². The van der Waals surface area contributed by atoms with Gasteiger partial charge in [-0.3, -0.25) is 29.0 Å². The van der Waals surface area contributed by atoms with Gasteiger partial charge in [0.2, 0.25) is 0 Å². The van der Waals surface area contributed by atoms with Gasteiger partial charge in [-0.2, -0.15) is 20.4 Å². The minimum absolute atomic E-state index is 0.201. The number of amides is 4. The Bertz CT molecular complexity index is 3250. The second-order valence-corrected chi connectivity index (χ2v) is 18.3. The summed E-state index contributed by atoms with van der Waals surface area (Å²) in [6.07, 6.45) is 3.19. The molecule has 0 N–H and O–H groups in total. The summed E-state index contributed by atoms with van der Waals surface area (Å²) in [7, 11) is -3.35. The number of carbonyl (C=O) groups excluding carboxylic acids is 4. The minimum atomic E-state index is -3.35. The van der Waals surface area contributed by atoms with Crippen LogP contribution >= 0.6 is 11.8 Å². The lowest BCUT2D eigenvalue weighted by molar-refractivity contribution is 0.0576. The van der Waals surface area contributed by atoms with Crippen LogP contribution in [0.25, 0.3) is 44.1 Å². The van der Waals surface area contributed by atoms with Crippen molar-refractivity contribution in [3.8, 4) is 22.3 Å². The number of imide groups is 2. The Kier molecular flexibility index (Phi) is 10.9. The minimum Gasteiger partial charge on any atom is -0.269 e. The van der Waals surface area contributed by atoms with E-state index in [4.69, 9.17) is 0 Å². The van der Waals surface area contributed by atoms with Gasteiger partial charge in [-0.25, -0.2) is 8.42 Å². The lowest BCUT2D eigenvalue weighted by Crippen LogP contribution is -2.33. The highest BCUT2D eigenvalue weighted by Crippen LogP contribution is 2.40. The van der Waals surface area contributed by atoms with Crippen molar-refractivity contribution in [2.75, 3.05) is 12.5 Å². The number of carbonyl (C=O) groups is 4. The van der Waals surface area contributed by atoms with Crippen LogP contribution in [0, 0.1) is 0 Å². The van der Waals surface area contributed by atoms with Crippen LogP contribution in [-0.2, 0) is 9.84 Å². The number of sulfone groups is 1. The van der Waals surface area contributed by atoms with Crippen molar-refractivity contribution in [3.63, 3.8) is 0 Å². The van der Waals surface area contributed by atoms with Crippen molar-refractivity contribution < 1.29 is 27.6 Å². The first-order chi connectivity index (χ1) is 30.9. The van der Waals surface area contributed by atoms with Gasteiger partial charge in [-0.15, -0.1) is 11.8 Å². The molecule has 14 heteroatoms. The second-order valence-electron chi connectivity index (χ2n) is 15.4. The lowest BCUT2D eigenvalue weighted by atomic mass is 9.96.